The predicted octanol–water partition coefficient (Wildman–Crippen LogP) is 3.47. The van der Waals surface area contributed by atoms with Gasteiger partial charge in [0.1, 0.15) is 0 Å². The van der Waals surface area contributed by atoms with Crippen molar-refractivity contribution < 1.29 is 9.59 Å². The fraction of sp³-hybridized carbons (Fsp3) is 0.364. The first-order valence-corrected chi connectivity index (χ1v) is 9.74. The number of carbonyl (C=O) groups is 2. The molecule has 0 aromatic heterocycles. The van der Waals surface area contributed by atoms with Gasteiger partial charge in [-0.3, -0.25) is 4.79 Å². The van der Waals surface area contributed by atoms with Gasteiger partial charge in [-0.2, -0.15) is 0 Å². The summed E-state index contributed by atoms with van der Waals surface area (Å²) in [6.07, 6.45) is 1.91. The van der Waals surface area contributed by atoms with Crippen LogP contribution in [-0.2, 0) is 4.79 Å². The molecule has 2 aromatic carbocycles. The summed E-state index contributed by atoms with van der Waals surface area (Å²) in [6.45, 7) is 4.80. The number of carbonyl (C=O) groups excluding carboxylic acids is 2. The molecular formula is C22H26N4O2. The van der Waals surface area contributed by atoms with Crippen LogP contribution < -0.4 is 11.1 Å². The van der Waals surface area contributed by atoms with Crippen LogP contribution in [-0.4, -0.2) is 46.9 Å². The number of rotatable bonds is 2. The highest BCUT2D eigenvalue weighted by Crippen LogP contribution is 2.31. The van der Waals surface area contributed by atoms with Crippen LogP contribution >= 0.6 is 0 Å². The highest BCUT2D eigenvalue weighted by molar-refractivity contribution is 5.94. The number of hydrogen-bond acceptors (Lipinski definition) is 3. The third-order valence-electron chi connectivity index (χ3n) is 5.81. The molecule has 4 rings (SSSR count). The number of nitrogens with one attached hydrogen (secondary N) is 1. The molecular weight excluding hydrogens is 352 g/mol. The average Bonchev–Trinajstić information content (AvgIpc) is 2.94. The predicted molar refractivity (Wildman–Crippen MR) is 111 cm³/mol. The smallest absolute Gasteiger partial charge is 0.322 e. The largest absolute Gasteiger partial charge is 0.397 e. The van der Waals surface area contributed by atoms with Crippen LogP contribution in [0.4, 0.5) is 16.2 Å². The van der Waals surface area contributed by atoms with Crippen molar-refractivity contribution >= 4 is 23.3 Å². The Labute approximate surface area is 165 Å². The lowest BCUT2D eigenvalue weighted by Gasteiger charge is -2.40. The Morgan fingerprint density at radius 1 is 1.00 bits per heavy atom. The summed E-state index contributed by atoms with van der Waals surface area (Å²) in [7, 11) is 0. The van der Waals surface area contributed by atoms with Gasteiger partial charge in [0.15, 0.2) is 0 Å². The number of nitrogens with two attached hydrogens (primary N) is 1. The lowest BCUT2D eigenvalue weighted by atomic mass is 10.0. The fourth-order valence-corrected chi connectivity index (χ4v) is 4.37. The lowest BCUT2D eigenvalue weighted by Crippen LogP contribution is -2.57. The molecule has 0 aliphatic carbocycles. The van der Waals surface area contributed by atoms with E-state index < -0.39 is 0 Å². The van der Waals surface area contributed by atoms with Crippen molar-refractivity contribution in [3.8, 4) is 11.1 Å². The van der Waals surface area contributed by atoms with Gasteiger partial charge in [-0.1, -0.05) is 35.9 Å². The van der Waals surface area contributed by atoms with Crippen LogP contribution in [0.1, 0.15) is 25.3 Å². The van der Waals surface area contributed by atoms with E-state index >= 15 is 0 Å². The lowest BCUT2D eigenvalue weighted by molar-refractivity contribution is -0.133. The molecule has 0 saturated carbocycles. The van der Waals surface area contributed by atoms with E-state index in [1.807, 2.05) is 23.1 Å². The Morgan fingerprint density at radius 3 is 2.21 bits per heavy atom. The molecule has 0 spiro atoms. The van der Waals surface area contributed by atoms with Crippen molar-refractivity contribution in [2.75, 3.05) is 24.1 Å². The second-order valence-electron chi connectivity index (χ2n) is 7.81. The van der Waals surface area contributed by atoms with E-state index in [1.165, 1.54) is 5.56 Å². The molecule has 3 N–H and O–H groups in total. The van der Waals surface area contributed by atoms with E-state index in [4.69, 9.17) is 5.73 Å². The van der Waals surface area contributed by atoms with Crippen LogP contribution in [0.15, 0.2) is 42.5 Å². The minimum atomic E-state index is -0.159. The summed E-state index contributed by atoms with van der Waals surface area (Å²) in [5, 5.41) is 2.97. The quantitative estimate of drug-likeness (QED) is 0.786. The zero-order valence-corrected chi connectivity index (χ0v) is 16.3. The number of fused-ring (bicyclic) bond motifs is 2. The van der Waals surface area contributed by atoms with E-state index in [0.29, 0.717) is 24.5 Å². The van der Waals surface area contributed by atoms with Gasteiger partial charge >= 0.3 is 6.03 Å². The summed E-state index contributed by atoms with van der Waals surface area (Å²) < 4.78 is 0. The summed E-state index contributed by atoms with van der Waals surface area (Å²) >= 11 is 0. The highest BCUT2D eigenvalue weighted by Gasteiger charge is 2.42. The average molecular weight is 378 g/mol. The van der Waals surface area contributed by atoms with Crippen molar-refractivity contribution in [3.05, 3.63) is 48.0 Å². The molecule has 6 nitrogen and oxygen atoms in total. The van der Waals surface area contributed by atoms with Gasteiger partial charge in [0, 0.05) is 32.1 Å². The van der Waals surface area contributed by atoms with E-state index in [-0.39, 0.29) is 24.0 Å². The van der Waals surface area contributed by atoms with Crippen molar-refractivity contribution in [1.82, 2.24) is 9.80 Å². The molecule has 2 atom stereocenters. The van der Waals surface area contributed by atoms with E-state index in [2.05, 4.69) is 36.5 Å². The number of benzene rings is 2. The molecule has 6 heteroatoms. The van der Waals surface area contributed by atoms with Gasteiger partial charge in [0.2, 0.25) is 5.91 Å². The normalized spacial score (nSPS) is 20.9. The first-order chi connectivity index (χ1) is 13.4. The number of urea groups is 1. The molecule has 0 radical (unpaired) electrons. The molecule has 2 aliphatic heterocycles. The van der Waals surface area contributed by atoms with Crippen molar-refractivity contribution in [2.24, 2.45) is 0 Å². The summed E-state index contributed by atoms with van der Waals surface area (Å²) in [5.74, 6) is 0.0996. The van der Waals surface area contributed by atoms with Gasteiger partial charge in [0.25, 0.3) is 0 Å². The molecule has 2 heterocycles. The monoisotopic (exact) mass is 378 g/mol. The molecule has 2 saturated heterocycles. The molecule has 28 heavy (non-hydrogen) atoms. The Hall–Kier alpha value is -3.02. The number of amides is 3. The Bertz CT molecular complexity index is 895. The van der Waals surface area contributed by atoms with E-state index in [0.717, 1.165) is 24.0 Å². The third kappa shape index (κ3) is 3.42. The first kappa shape index (κ1) is 18.3. The third-order valence-corrected chi connectivity index (χ3v) is 5.81. The van der Waals surface area contributed by atoms with Crippen molar-refractivity contribution in [2.45, 2.75) is 38.8 Å². The van der Waals surface area contributed by atoms with Gasteiger partial charge in [-0.15, -0.1) is 0 Å². The standard InChI is InChI=1S/C22H26N4O2/c1-14-3-5-16(6-4-14)17-7-10-20(23)21(11-17)24-22(28)25-12-18-8-9-19(13-25)26(18)15(2)27/h3-7,10-11,18-19H,8-9,12-13,23H2,1-2H3,(H,24,28). The second-order valence-corrected chi connectivity index (χ2v) is 7.81. The minimum Gasteiger partial charge on any atom is -0.397 e. The van der Waals surface area contributed by atoms with Gasteiger partial charge in [0.05, 0.1) is 11.4 Å². The maximum absolute atomic E-state index is 12.9. The topological polar surface area (TPSA) is 78.7 Å². The molecule has 2 aliphatic rings. The molecule has 3 amide bonds. The SMILES string of the molecule is CC(=O)N1C2CCC1CN(C(=O)Nc1cc(-c3ccc(C)cc3)ccc1N)C2. The number of anilines is 2. The Morgan fingerprint density at radius 2 is 1.61 bits per heavy atom. The van der Waals surface area contributed by atoms with Crippen LogP contribution in [0.5, 0.6) is 0 Å². The molecule has 146 valence electrons. The van der Waals surface area contributed by atoms with Crippen LogP contribution in [0.25, 0.3) is 11.1 Å². The molecule has 2 aromatic rings. The highest BCUT2D eigenvalue weighted by atomic mass is 16.2. The summed E-state index contributed by atoms with van der Waals surface area (Å²) in [4.78, 5) is 28.5. The van der Waals surface area contributed by atoms with Gasteiger partial charge in [-0.05, 0) is 43.0 Å². The van der Waals surface area contributed by atoms with Crippen LogP contribution in [0.2, 0.25) is 0 Å². The van der Waals surface area contributed by atoms with Gasteiger partial charge in [-0.25, -0.2) is 4.79 Å². The zero-order chi connectivity index (χ0) is 19.8. The number of piperazine rings is 1. The maximum Gasteiger partial charge on any atom is 0.322 e. The first-order valence-electron chi connectivity index (χ1n) is 9.74. The fourth-order valence-electron chi connectivity index (χ4n) is 4.37. The Kier molecular flexibility index (Phi) is 4.71. The Balaban J connectivity index is 1.50. The molecule has 2 fully saturated rings. The second kappa shape index (κ2) is 7.19. The number of hydrogen-bond donors (Lipinski definition) is 2. The number of nitrogens with zero attached hydrogens (tertiary/aromatic N) is 2. The van der Waals surface area contributed by atoms with Crippen LogP contribution in [0.3, 0.4) is 0 Å². The minimum absolute atomic E-state index is 0.0996. The van der Waals surface area contributed by atoms with Crippen molar-refractivity contribution in [1.29, 1.82) is 0 Å². The van der Waals surface area contributed by atoms with E-state index in [1.54, 1.807) is 11.8 Å². The number of likely N-dealkylation sites (tertiary alicyclic amines) is 1. The van der Waals surface area contributed by atoms with Crippen LogP contribution in [0, 0.1) is 6.92 Å². The number of nitrogen functional groups attached to an aromatic ring is 1. The van der Waals surface area contributed by atoms with Gasteiger partial charge < -0.3 is 20.9 Å². The molecule has 2 bridgehead atoms. The van der Waals surface area contributed by atoms with E-state index in [9.17, 15) is 9.59 Å². The zero-order valence-electron chi connectivity index (χ0n) is 16.3. The maximum atomic E-state index is 12.9. The van der Waals surface area contributed by atoms with Crippen molar-refractivity contribution in [3.63, 3.8) is 0 Å². The molecule has 2 unspecified atom stereocenters. The number of aryl methyl sites for hydroxylation is 1. The summed E-state index contributed by atoms with van der Waals surface area (Å²) in [6, 6.07) is 14.0. The summed E-state index contributed by atoms with van der Waals surface area (Å²) in [5.41, 5.74) is 10.5.